The second kappa shape index (κ2) is 4.87. The van der Waals surface area contributed by atoms with Gasteiger partial charge in [-0.2, -0.15) is 0 Å². The lowest BCUT2D eigenvalue weighted by atomic mass is 10.0. The van der Waals surface area contributed by atoms with Gasteiger partial charge in [-0.05, 0) is 25.2 Å². The van der Waals surface area contributed by atoms with Crippen LogP contribution in [0, 0.1) is 0 Å². The number of aliphatic hydroxyl groups is 1. The Balaban J connectivity index is 1.91. The van der Waals surface area contributed by atoms with Crippen LogP contribution in [-0.2, 0) is 0 Å². The zero-order chi connectivity index (χ0) is 13.5. The molecule has 1 fully saturated rings. The Hall–Kier alpha value is -0.940. The Labute approximate surface area is 118 Å². The second-order valence-corrected chi connectivity index (χ2v) is 6.74. The highest BCUT2D eigenvalue weighted by Gasteiger charge is 2.43. The molecular weight excluding hydrogens is 260 g/mol. The lowest BCUT2D eigenvalue weighted by molar-refractivity contribution is 0.0783. The Morgan fingerprint density at radius 2 is 2.47 bits per heavy atom. The predicted molar refractivity (Wildman–Crippen MR) is 77.1 cm³/mol. The van der Waals surface area contributed by atoms with Gasteiger partial charge in [-0.15, -0.1) is 11.8 Å². The van der Waals surface area contributed by atoms with E-state index in [9.17, 15) is 5.11 Å². The molecule has 1 saturated heterocycles. The lowest BCUT2D eigenvalue weighted by Gasteiger charge is -2.32. The molecule has 2 aliphatic rings. The minimum Gasteiger partial charge on any atom is -0.486 e. The van der Waals surface area contributed by atoms with Crippen LogP contribution in [0.2, 0.25) is 0 Å². The minimum atomic E-state index is -0.635. The zero-order valence-electron chi connectivity index (χ0n) is 11.4. The summed E-state index contributed by atoms with van der Waals surface area (Å²) < 4.78 is 5.92. The fraction of sp³-hybridized carbons (Fsp3) is 0.643. The summed E-state index contributed by atoms with van der Waals surface area (Å²) in [7, 11) is 0. The van der Waals surface area contributed by atoms with Crippen molar-refractivity contribution in [1.82, 2.24) is 4.98 Å². The standard InChI is InChI=1S/C14H20N2O2S/c1-3-6-19-11-4-5-15-13-12(11)18-8-10-7-14(2,17)9-16(10)13/h4-5,10,17H,3,6-9H2,1-2H3. The van der Waals surface area contributed by atoms with Crippen LogP contribution >= 0.6 is 11.8 Å². The molecule has 104 valence electrons. The van der Waals surface area contributed by atoms with Crippen molar-refractivity contribution >= 4 is 17.6 Å². The Morgan fingerprint density at radius 1 is 1.63 bits per heavy atom. The summed E-state index contributed by atoms with van der Waals surface area (Å²) >= 11 is 1.81. The fourth-order valence-corrected chi connectivity index (χ4v) is 3.70. The summed E-state index contributed by atoms with van der Waals surface area (Å²) in [5, 5.41) is 10.2. The fourth-order valence-electron chi connectivity index (χ4n) is 2.84. The van der Waals surface area contributed by atoms with Gasteiger partial charge >= 0.3 is 0 Å². The molecule has 4 nitrogen and oxygen atoms in total. The summed E-state index contributed by atoms with van der Waals surface area (Å²) in [4.78, 5) is 7.84. The number of hydrogen-bond acceptors (Lipinski definition) is 5. The van der Waals surface area contributed by atoms with E-state index in [-0.39, 0.29) is 6.04 Å². The van der Waals surface area contributed by atoms with Crippen LogP contribution in [0.3, 0.4) is 0 Å². The number of ether oxygens (including phenoxy) is 1. The number of aromatic nitrogens is 1. The van der Waals surface area contributed by atoms with Crippen molar-refractivity contribution in [3.63, 3.8) is 0 Å². The van der Waals surface area contributed by atoms with Gasteiger partial charge in [0, 0.05) is 19.2 Å². The number of anilines is 1. The van der Waals surface area contributed by atoms with Gasteiger partial charge in [0.05, 0.1) is 16.5 Å². The maximum atomic E-state index is 10.2. The Morgan fingerprint density at radius 3 is 3.26 bits per heavy atom. The van der Waals surface area contributed by atoms with Crippen LogP contribution in [0.5, 0.6) is 5.75 Å². The van der Waals surface area contributed by atoms with Gasteiger partial charge in [0.15, 0.2) is 11.6 Å². The molecule has 5 heteroatoms. The summed E-state index contributed by atoms with van der Waals surface area (Å²) in [5.41, 5.74) is -0.635. The molecule has 2 atom stereocenters. The van der Waals surface area contributed by atoms with E-state index in [1.165, 1.54) is 0 Å². The number of pyridine rings is 1. The predicted octanol–water partition coefficient (Wildman–Crippen LogP) is 2.31. The monoisotopic (exact) mass is 280 g/mol. The van der Waals surface area contributed by atoms with E-state index in [1.807, 2.05) is 30.9 Å². The van der Waals surface area contributed by atoms with Crippen molar-refractivity contribution in [2.24, 2.45) is 0 Å². The molecule has 0 saturated carbocycles. The van der Waals surface area contributed by atoms with Gasteiger partial charge in [-0.25, -0.2) is 4.98 Å². The molecule has 2 aliphatic heterocycles. The molecule has 2 unspecified atom stereocenters. The van der Waals surface area contributed by atoms with E-state index in [4.69, 9.17) is 4.74 Å². The SMILES string of the molecule is CCCSc1ccnc2c1OCC1CC(C)(O)CN21. The van der Waals surface area contributed by atoms with Crippen molar-refractivity contribution in [1.29, 1.82) is 0 Å². The normalized spacial score (nSPS) is 28.8. The van der Waals surface area contributed by atoms with Crippen LogP contribution < -0.4 is 9.64 Å². The van der Waals surface area contributed by atoms with Gasteiger partial charge in [-0.3, -0.25) is 0 Å². The molecule has 3 heterocycles. The molecule has 19 heavy (non-hydrogen) atoms. The van der Waals surface area contributed by atoms with E-state index >= 15 is 0 Å². The minimum absolute atomic E-state index is 0.251. The number of fused-ring (bicyclic) bond motifs is 3. The molecule has 0 aromatic carbocycles. The first kappa shape index (κ1) is 13.1. The zero-order valence-corrected chi connectivity index (χ0v) is 12.2. The maximum absolute atomic E-state index is 10.2. The van der Waals surface area contributed by atoms with Crippen molar-refractivity contribution in [2.75, 3.05) is 23.8 Å². The van der Waals surface area contributed by atoms with Crippen molar-refractivity contribution < 1.29 is 9.84 Å². The third kappa shape index (κ3) is 2.41. The average Bonchev–Trinajstić information content (AvgIpc) is 2.70. The smallest absolute Gasteiger partial charge is 0.175 e. The highest BCUT2D eigenvalue weighted by molar-refractivity contribution is 7.99. The van der Waals surface area contributed by atoms with E-state index in [2.05, 4.69) is 16.8 Å². The van der Waals surface area contributed by atoms with Crippen LogP contribution in [0.25, 0.3) is 0 Å². The van der Waals surface area contributed by atoms with Crippen molar-refractivity contribution in [3.05, 3.63) is 12.3 Å². The van der Waals surface area contributed by atoms with Gasteiger partial charge < -0.3 is 14.7 Å². The molecule has 3 rings (SSSR count). The highest BCUT2D eigenvalue weighted by Crippen LogP contribution is 2.44. The number of hydrogen-bond donors (Lipinski definition) is 1. The van der Waals surface area contributed by atoms with Gasteiger partial charge in [0.2, 0.25) is 0 Å². The van der Waals surface area contributed by atoms with Crippen molar-refractivity contribution in [2.45, 2.75) is 43.2 Å². The molecule has 1 N–H and O–H groups in total. The number of nitrogens with zero attached hydrogens (tertiary/aromatic N) is 2. The first-order valence-electron chi connectivity index (χ1n) is 6.84. The maximum Gasteiger partial charge on any atom is 0.175 e. The van der Waals surface area contributed by atoms with Crippen molar-refractivity contribution in [3.8, 4) is 5.75 Å². The van der Waals surface area contributed by atoms with Crippen LogP contribution in [0.15, 0.2) is 17.2 Å². The third-order valence-electron chi connectivity index (χ3n) is 3.63. The Bertz CT molecular complexity index is 479. The van der Waals surface area contributed by atoms with E-state index in [0.717, 1.165) is 35.1 Å². The molecule has 1 aromatic rings. The first-order chi connectivity index (χ1) is 9.11. The summed E-state index contributed by atoms with van der Waals surface area (Å²) in [6.07, 6.45) is 3.73. The quantitative estimate of drug-likeness (QED) is 0.861. The molecular formula is C14H20N2O2S. The Kier molecular flexibility index (Phi) is 3.35. The number of rotatable bonds is 3. The summed E-state index contributed by atoms with van der Waals surface area (Å²) in [5.74, 6) is 2.88. The molecule has 0 amide bonds. The largest absolute Gasteiger partial charge is 0.486 e. The topological polar surface area (TPSA) is 45.6 Å². The number of thioether (sulfide) groups is 1. The third-order valence-corrected chi connectivity index (χ3v) is 4.88. The molecule has 1 aromatic heterocycles. The average molecular weight is 280 g/mol. The van der Waals surface area contributed by atoms with Crippen LogP contribution in [0.4, 0.5) is 5.82 Å². The second-order valence-electron chi connectivity index (χ2n) is 5.60. The van der Waals surface area contributed by atoms with Gasteiger partial charge in [-0.1, -0.05) is 6.92 Å². The first-order valence-corrected chi connectivity index (χ1v) is 7.83. The highest BCUT2D eigenvalue weighted by atomic mass is 32.2. The van der Waals surface area contributed by atoms with Crippen LogP contribution in [0.1, 0.15) is 26.7 Å². The van der Waals surface area contributed by atoms with E-state index in [0.29, 0.717) is 13.2 Å². The molecule has 0 bridgehead atoms. The summed E-state index contributed by atoms with van der Waals surface area (Å²) in [6.45, 7) is 5.35. The van der Waals surface area contributed by atoms with Crippen LogP contribution in [-0.4, -0.2) is 40.6 Å². The molecule has 0 radical (unpaired) electrons. The molecule has 0 aliphatic carbocycles. The van der Waals surface area contributed by atoms with E-state index in [1.54, 1.807) is 0 Å². The lowest BCUT2D eigenvalue weighted by Crippen LogP contribution is -2.39. The molecule has 0 spiro atoms. The van der Waals surface area contributed by atoms with Gasteiger partial charge in [0.1, 0.15) is 6.61 Å². The van der Waals surface area contributed by atoms with Gasteiger partial charge in [0.25, 0.3) is 0 Å². The summed E-state index contributed by atoms with van der Waals surface area (Å²) in [6, 6.07) is 2.27. The van der Waals surface area contributed by atoms with E-state index < -0.39 is 5.60 Å².